The number of carbonyl (C=O) groups is 1. The molecule has 0 amide bonds. The summed E-state index contributed by atoms with van der Waals surface area (Å²) in [6.07, 6.45) is 1.86. The first-order valence-electron chi connectivity index (χ1n) is 9.96. The fourth-order valence-electron chi connectivity index (χ4n) is 3.73. The molecule has 5 aromatic rings. The average Bonchev–Trinajstić information content (AvgIpc) is 3.46. The molecule has 2 aromatic heterocycles. The number of fused-ring (bicyclic) bond motifs is 1. The van der Waals surface area contributed by atoms with Gasteiger partial charge in [0.15, 0.2) is 0 Å². The Bertz CT molecular complexity index is 1530. The van der Waals surface area contributed by atoms with Crippen LogP contribution in [0.4, 0.5) is 5.82 Å². The molecule has 0 spiro atoms. The van der Waals surface area contributed by atoms with E-state index < -0.39 is 5.97 Å². The molecular weight excluding hydrogens is 400 g/mol. The molecule has 3 aromatic carbocycles. The number of carboxylic acid groups (broad SMARTS) is 1. The zero-order valence-corrected chi connectivity index (χ0v) is 16.9. The minimum Gasteiger partial charge on any atom is -0.478 e. The average molecular weight is 418 g/mol. The minimum atomic E-state index is -0.992. The molecule has 5 rings (SSSR count). The summed E-state index contributed by atoms with van der Waals surface area (Å²) in [6, 6.07) is 22.4. The smallest absolute Gasteiger partial charge is 0.336 e. The van der Waals surface area contributed by atoms with Crippen molar-refractivity contribution in [3.05, 3.63) is 95.7 Å². The van der Waals surface area contributed by atoms with Crippen LogP contribution in [0.25, 0.3) is 33.3 Å². The minimum absolute atomic E-state index is 0.212. The van der Waals surface area contributed by atoms with Crippen LogP contribution in [0.1, 0.15) is 21.5 Å². The lowest BCUT2D eigenvalue weighted by atomic mass is 9.93. The molecule has 0 aliphatic rings. The molecule has 6 heteroatoms. The van der Waals surface area contributed by atoms with Gasteiger partial charge in [0.25, 0.3) is 0 Å². The van der Waals surface area contributed by atoms with Gasteiger partial charge in [-0.25, -0.2) is 4.79 Å². The molecule has 0 aliphatic heterocycles. The van der Waals surface area contributed by atoms with Crippen LogP contribution in [0.5, 0.6) is 0 Å². The molecule has 0 aliphatic carbocycles. The van der Waals surface area contributed by atoms with E-state index in [1.807, 2.05) is 60.8 Å². The Morgan fingerprint density at radius 1 is 0.938 bits per heavy atom. The maximum absolute atomic E-state index is 12.0. The summed E-state index contributed by atoms with van der Waals surface area (Å²) in [5.41, 5.74) is 11.3. The molecular formula is C26H18N4O2. The molecule has 0 unspecified atom stereocenters. The highest BCUT2D eigenvalue weighted by atomic mass is 16.4. The van der Waals surface area contributed by atoms with Gasteiger partial charge in [-0.2, -0.15) is 5.10 Å². The van der Waals surface area contributed by atoms with Crippen molar-refractivity contribution in [1.82, 2.24) is 15.2 Å². The van der Waals surface area contributed by atoms with Gasteiger partial charge in [0.2, 0.25) is 0 Å². The summed E-state index contributed by atoms with van der Waals surface area (Å²) < 4.78 is 0. The van der Waals surface area contributed by atoms with Crippen molar-refractivity contribution in [2.24, 2.45) is 0 Å². The van der Waals surface area contributed by atoms with Crippen LogP contribution < -0.4 is 5.73 Å². The van der Waals surface area contributed by atoms with Crippen molar-refractivity contribution in [2.75, 3.05) is 5.73 Å². The first-order valence-corrected chi connectivity index (χ1v) is 9.96. The Hall–Kier alpha value is -4.76. The normalized spacial score (nSPS) is 10.6. The summed E-state index contributed by atoms with van der Waals surface area (Å²) in [6.45, 7) is 0. The van der Waals surface area contributed by atoms with Gasteiger partial charge < -0.3 is 15.8 Å². The summed E-state index contributed by atoms with van der Waals surface area (Å²) >= 11 is 0. The Labute approximate surface area is 183 Å². The number of hydrogen-bond acceptors (Lipinski definition) is 3. The quantitative estimate of drug-likeness (QED) is 0.312. The molecule has 2 heterocycles. The number of nitrogens with one attached hydrogen (secondary N) is 2. The topological polar surface area (TPSA) is 108 Å². The number of rotatable bonds is 3. The number of H-pyrrole nitrogens is 2. The SMILES string of the molecule is Nc1cc(-c2cccc(C#Cc3cccc(C(=O)O)c3-c3ccc4cc[nH]c4c3)c2)n[nH]1. The number of nitrogens with zero attached hydrogens (tertiary/aromatic N) is 1. The van der Waals surface area contributed by atoms with Gasteiger partial charge in [-0.15, -0.1) is 0 Å². The summed E-state index contributed by atoms with van der Waals surface area (Å²) in [7, 11) is 0. The van der Waals surface area contributed by atoms with E-state index in [9.17, 15) is 9.90 Å². The van der Waals surface area contributed by atoms with Crippen LogP contribution >= 0.6 is 0 Å². The Morgan fingerprint density at radius 2 is 1.81 bits per heavy atom. The van der Waals surface area contributed by atoms with E-state index in [1.165, 1.54) is 0 Å². The number of hydrogen-bond donors (Lipinski definition) is 4. The Morgan fingerprint density at radius 3 is 2.62 bits per heavy atom. The standard InChI is InChI=1S/C26H18N4O2/c27-24-15-23(29-30-24)19-5-1-3-16(13-19)7-8-18-4-2-6-21(26(31)32)25(18)20-10-9-17-11-12-28-22(17)14-20/h1-6,9-15,28H,(H,31,32)(H3,27,29,30). The molecule has 6 nitrogen and oxygen atoms in total. The van der Waals surface area contributed by atoms with Crippen molar-refractivity contribution >= 4 is 22.7 Å². The van der Waals surface area contributed by atoms with Crippen LogP contribution in [-0.4, -0.2) is 26.3 Å². The summed E-state index contributed by atoms with van der Waals surface area (Å²) in [5, 5.41) is 17.8. The van der Waals surface area contributed by atoms with Crippen molar-refractivity contribution in [3.8, 4) is 34.2 Å². The zero-order valence-electron chi connectivity index (χ0n) is 16.9. The van der Waals surface area contributed by atoms with E-state index in [2.05, 4.69) is 27.0 Å². The van der Waals surface area contributed by atoms with Crippen LogP contribution in [0, 0.1) is 11.8 Å². The number of benzene rings is 3. The van der Waals surface area contributed by atoms with E-state index in [-0.39, 0.29) is 5.56 Å². The predicted molar refractivity (Wildman–Crippen MR) is 125 cm³/mol. The second-order valence-corrected chi connectivity index (χ2v) is 7.35. The monoisotopic (exact) mass is 418 g/mol. The maximum Gasteiger partial charge on any atom is 0.336 e. The van der Waals surface area contributed by atoms with Gasteiger partial charge in [-0.1, -0.05) is 42.2 Å². The third-order valence-corrected chi connectivity index (χ3v) is 5.24. The van der Waals surface area contributed by atoms with Gasteiger partial charge in [-0.3, -0.25) is 5.10 Å². The summed E-state index contributed by atoms with van der Waals surface area (Å²) in [5.74, 6) is 5.84. The van der Waals surface area contributed by atoms with Crippen LogP contribution in [0.15, 0.2) is 79.0 Å². The lowest BCUT2D eigenvalue weighted by molar-refractivity contribution is 0.0697. The number of aromatic amines is 2. The van der Waals surface area contributed by atoms with E-state index in [1.54, 1.807) is 18.2 Å². The van der Waals surface area contributed by atoms with E-state index in [4.69, 9.17) is 5.73 Å². The van der Waals surface area contributed by atoms with Crippen LogP contribution in [0.3, 0.4) is 0 Å². The first-order chi connectivity index (χ1) is 15.6. The Balaban J connectivity index is 1.61. The van der Waals surface area contributed by atoms with Gasteiger partial charge in [0.05, 0.1) is 11.3 Å². The van der Waals surface area contributed by atoms with Crippen molar-refractivity contribution < 1.29 is 9.90 Å². The molecule has 0 saturated carbocycles. The van der Waals surface area contributed by atoms with Gasteiger partial charge >= 0.3 is 5.97 Å². The second-order valence-electron chi connectivity index (χ2n) is 7.35. The number of carboxylic acids is 1. The van der Waals surface area contributed by atoms with Crippen LogP contribution in [-0.2, 0) is 0 Å². The van der Waals surface area contributed by atoms with Crippen molar-refractivity contribution in [2.45, 2.75) is 0 Å². The number of nitrogen functional groups attached to an aromatic ring is 1. The molecule has 154 valence electrons. The van der Waals surface area contributed by atoms with Crippen LogP contribution in [0.2, 0.25) is 0 Å². The van der Waals surface area contributed by atoms with Crippen molar-refractivity contribution in [1.29, 1.82) is 0 Å². The number of aromatic nitrogens is 3. The molecule has 0 radical (unpaired) electrons. The molecule has 0 fully saturated rings. The van der Waals surface area contributed by atoms with E-state index in [0.717, 1.165) is 33.3 Å². The number of anilines is 1. The summed E-state index contributed by atoms with van der Waals surface area (Å²) in [4.78, 5) is 15.1. The predicted octanol–water partition coefficient (Wildman–Crippen LogP) is 4.91. The fraction of sp³-hybridized carbons (Fsp3) is 0. The first kappa shape index (κ1) is 19.2. The molecule has 32 heavy (non-hydrogen) atoms. The lowest BCUT2D eigenvalue weighted by Crippen LogP contribution is -2.01. The molecule has 0 saturated heterocycles. The third-order valence-electron chi connectivity index (χ3n) is 5.24. The number of aromatic carboxylic acids is 1. The second kappa shape index (κ2) is 7.82. The van der Waals surface area contributed by atoms with Gasteiger partial charge in [0.1, 0.15) is 5.82 Å². The highest BCUT2D eigenvalue weighted by Gasteiger charge is 2.15. The lowest BCUT2D eigenvalue weighted by Gasteiger charge is -2.10. The highest BCUT2D eigenvalue weighted by Crippen LogP contribution is 2.30. The maximum atomic E-state index is 12.0. The highest BCUT2D eigenvalue weighted by molar-refractivity contribution is 5.99. The van der Waals surface area contributed by atoms with Gasteiger partial charge in [-0.05, 0) is 47.3 Å². The van der Waals surface area contributed by atoms with Gasteiger partial charge in [0, 0.05) is 40.0 Å². The fourth-order valence-corrected chi connectivity index (χ4v) is 3.73. The third kappa shape index (κ3) is 3.59. The van der Waals surface area contributed by atoms with Crippen molar-refractivity contribution in [3.63, 3.8) is 0 Å². The number of nitrogens with two attached hydrogens (primary N) is 1. The Kier molecular flexibility index (Phi) is 4.70. The van der Waals surface area contributed by atoms with E-state index in [0.29, 0.717) is 16.9 Å². The molecule has 5 N–H and O–H groups in total. The zero-order chi connectivity index (χ0) is 22.1. The molecule has 0 atom stereocenters. The largest absolute Gasteiger partial charge is 0.478 e. The van der Waals surface area contributed by atoms with E-state index >= 15 is 0 Å². The molecule has 0 bridgehead atoms.